The van der Waals surface area contributed by atoms with Crippen LogP contribution in [0.2, 0.25) is 5.02 Å². The summed E-state index contributed by atoms with van der Waals surface area (Å²) in [5, 5.41) is 9.84. The molecule has 7 nitrogen and oxygen atoms in total. The van der Waals surface area contributed by atoms with Gasteiger partial charge in [-0.1, -0.05) is 27.5 Å². The van der Waals surface area contributed by atoms with Gasteiger partial charge in [-0.25, -0.2) is 8.42 Å². The third kappa shape index (κ3) is 5.91. The normalized spacial score (nSPS) is 12.4. The Morgan fingerprint density at radius 1 is 1.26 bits per heavy atom. The highest BCUT2D eigenvalue weighted by atomic mass is 79.9. The van der Waals surface area contributed by atoms with Crippen molar-refractivity contribution in [3.05, 3.63) is 57.5 Å². The molecule has 2 N–H and O–H groups in total. The summed E-state index contributed by atoms with van der Waals surface area (Å²) in [5.41, 5.74) is 0.505. The number of esters is 1. The van der Waals surface area contributed by atoms with E-state index in [-0.39, 0.29) is 11.5 Å². The van der Waals surface area contributed by atoms with Gasteiger partial charge in [-0.15, -0.1) is 0 Å². The molecule has 0 radical (unpaired) electrons. The van der Waals surface area contributed by atoms with E-state index in [0.717, 1.165) is 0 Å². The molecule has 0 bridgehead atoms. The Morgan fingerprint density at radius 3 is 2.52 bits per heavy atom. The molecule has 1 atom stereocenters. The Morgan fingerprint density at radius 2 is 1.93 bits per heavy atom. The SMILES string of the molecule is COc1ccc(Cl)cc1COC(=O)C(CO)NS(=O)(=O)c1ccc(Br)cc1. The lowest BCUT2D eigenvalue weighted by Crippen LogP contribution is -2.44. The van der Waals surface area contributed by atoms with Crippen molar-refractivity contribution in [3.8, 4) is 5.75 Å². The summed E-state index contributed by atoms with van der Waals surface area (Å²) in [4.78, 5) is 12.2. The molecule has 0 heterocycles. The molecular weight excluding hydrogens is 462 g/mol. The van der Waals surface area contributed by atoms with E-state index in [1.54, 1.807) is 30.3 Å². The maximum atomic E-state index is 12.4. The monoisotopic (exact) mass is 477 g/mol. The molecule has 1 unspecified atom stereocenters. The van der Waals surface area contributed by atoms with Crippen LogP contribution in [0.3, 0.4) is 0 Å². The third-order valence-electron chi connectivity index (χ3n) is 3.50. The first-order valence-corrected chi connectivity index (χ1v) is 10.3. The van der Waals surface area contributed by atoms with E-state index in [0.29, 0.717) is 20.8 Å². The molecule has 0 aromatic heterocycles. The van der Waals surface area contributed by atoms with Crippen LogP contribution < -0.4 is 9.46 Å². The smallest absolute Gasteiger partial charge is 0.326 e. The molecule has 0 spiro atoms. The highest BCUT2D eigenvalue weighted by molar-refractivity contribution is 9.10. The summed E-state index contributed by atoms with van der Waals surface area (Å²) < 4.78 is 37.8. The fraction of sp³-hybridized carbons (Fsp3) is 0.235. The zero-order valence-electron chi connectivity index (χ0n) is 14.2. The molecule has 146 valence electrons. The topological polar surface area (TPSA) is 102 Å². The van der Waals surface area contributed by atoms with E-state index in [4.69, 9.17) is 21.1 Å². The molecule has 0 aliphatic rings. The predicted octanol–water partition coefficient (Wildman–Crippen LogP) is 2.49. The van der Waals surface area contributed by atoms with Gasteiger partial charge in [0.15, 0.2) is 0 Å². The predicted molar refractivity (Wildman–Crippen MR) is 103 cm³/mol. The van der Waals surface area contributed by atoms with Crippen LogP contribution in [0.15, 0.2) is 51.8 Å². The van der Waals surface area contributed by atoms with Gasteiger partial charge in [0.2, 0.25) is 10.0 Å². The lowest BCUT2D eigenvalue weighted by Gasteiger charge is -2.16. The van der Waals surface area contributed by atoms with Crippen molar-refractivity contribution in [2.24, 2.45) is 0 Å². The van der Waals surface area contributed by atoms with Gasteiger partial charge in [0, 0.05) is 15.1 Å². The standard InChI is InChI=1S/C17H17BrClNO6S/c1-25-16-7-4-13(19)8-11(16)10-26-17(22)15(9-21)20-27(23,24)14-5-2-12(18)3-6-14/h2-8,15,20-21H,9-10H2,1H3. The number of aliphatic hydroxyl groups excluding tert-OH is 1. The van der Waals surface area contributed by atoms with Crippen molar-refractivity contribution < 1.29 is 27.8 Å². The van der Waals surface area contributed by atoms with E-state index in [1.165, 1.54) is 19.2 Å². The summed E-state index contributed by atoms with van der Waals surface area (Å²) in [6, 6.07) is 9.17. The molecule has 0 fully saturated rings. The number of hydrogen-bond acceptors (Lipinski definition) is 6. The van der Waals surface area contributed by atoms with E-state index >= 15 is 0 Å². The van der Waals surface area contributed by atoms with Gasteiger partial charge in [0.1, 0.15) is 18.4 Å². The van der Waals surface area contributed by atoms with Crippen molar-refractivity contribution in [2.45, 2.75) is 17.5 Å². The molecule has 0 amide bonds. The number of halogens is 2. The number of rotatable bonds is 8. The van der Waals surface area contributed by atoms with Crippen LogP contribution >= 0.6 is 27.5 Å². The summed E-state index contributed by atoms with van der Waals surface area (Å²) >= 11 is 9.12. The van der Waals surface area contributed by atoms with Crippen LogP contribution in [0, 0.1) is 0 Å². The second-order valence-electron chi connectivity index (χ2n) is 5.37. The molecule has 0 saturated heterocycles. The summed E-state index contributed by atoms with van der Waals surface area (Å²) in [5.74, 6) is -0.469. The Labute approximate surface area is 170 Å². The lowest BCUT2D eigenvalue weighted by atomic mass is 10.2. The minimum absolute atomic E-state index is 0.0477. The van der Waals surface area contributed by atoms with Crippen LogP contribution in [-0.2, 0) is 26.2 Å². The maximum absolute atomic E-state index is 12.4. The lowest BCUT2D eigenvalue weighted by molar-refractivity contribution is -0.148. The number of nitrogens with one attached hydrogen (secondary N) is 1. The van der Waals surface area contributed by atoms with Gasteiger partial charge in [0.05, 0.1) is 18.6 Å². The molecule has 2 aromatic carbocycles. The van der Waals surface area contributed by atoms with Crippen LogP contribution in [0.5, 0.6) is 5.75 Å². The second kappa shape index (κ2) is 9.52. The van der Waals surface area contributed by atoms with Crippen molar-refractivity contribution >= 4 is 43.5 Å². The van der Waals surface area contributed by atoms with E-state index < -0.39 is 28.6 Å². The van der Waals surface area contributed by atoms with Crippen LogP contribution in [-0.4, -0.2) is 39.3 Å². The fourth-order valence-corrected chi connectivity index (χ4v) is 3.77. The van der Waals surface area contributed by atoms with Crippen LogP contribution in [0.25, 0.3) is 0 Å². The van der Waals surface area contributed by atoms with Gasteiger partial charge in [-0.3, -0.25) is 4.79 Å². The third-order valence-corrected chi connectivity index (χ3v) is 5.75. The molecule has 0 aliphatic heterocycles. The van der Waals surface area contributed by atoms with Gasteiger partial charge >= 0.3 is 5.97 Å². The molecular formula is C17H17BrClNO6S. The quantitative estimate of drug-likeness (QED) is 0.565. The maximum Gasteiger partial charge on any atom is 0.326 e. The zero-order valence-corrected chi connectivity index (χ0v) is 17.3. The van der Waals surface area contributed by atoms with Crippen molar-refractivity contribution in [1.82, 2.24) is 4.72 Å². The minimum atomic E-state index is -4.01. The number of benzene rings is 2. The average Bonchev–Trinajstić information content (AvgIpc) is 2.64. The van der Waals surface area contributed by atoms with Crippen LogP contribution in [0.1, 0.15) is 5.56 Å². The summed E-state index contributed by atoms with van der Waals surface area (Å²) in [6.07, 6.45) is 0. The highest BCUT2D eigenvalue weighted by Gasteiger charge is 2.26. The van der Waals surface area contributed by atoms with Crippen molar-refractivity contribution in [1.29, 1.82) is 0 Å². The second-order valence-corrected chi connectivity index (χ2v) is 8.44. The number of sulfonamides is 1. The van der Waals surface area contributed by atoms with Crippen LogP contribution in [0.4, 0.5) is 0 Å². The highest BCUT2D eigenvalue weighted by Crippen LogP contribution is 2.23. The largest absolute Gasteiger partial charge is 0.496 e. The number of carbonyl (C=O) groups excluding carboxylic acids is 1. The first-order chi connectivity index (χ1) is 12.8. The molecule has 2 rings (SSSR count). The summed E-state index contributed by atoms with van der Waals surface area (Å²) in [6.45, 7) is -0.958. The van der Waals surface area contributed by atoms with Gasteiger partial charge in [-0.2, -0.15) is 4.72 Å². The number of methoxy groups -OCH3 is 1. The molecule has 27 heavy (non-hydrogen) atoms. The number of aliphatic hydroxyl groups is 1. The van der Waals surface area contributed by atoms with Gasteiger partial charge in [-0.05, 0) is 42.5 Å². The fourth-order valence-electron chi connectivity index (χ4n) is 2.14. The van der Waals surface area contributed by atoms with Crippen molar-refractivity contribution in [3.63, 3.8) is 0 Å². The van der Waals surface area contributed by atoms with Crippen molar-refractivity contribution in [2.75, 3.05) is 13.7 Å². The zero-order chi connectivity index (χ0) is 20.0. The Bertz CT molecular complexity index is 904. The number of ether oxygens (including phenoxy) is 2. The summed E-state index contributed by atoms with van der Waals surface area (Å²) in [7, 11) is -2.56. The molecule has 10 heteroatoms. The van der Waals surface area contributed by atoms with E-state index in [9.17, 15) is 18.3 Å². The number of hydrogen-bond donors (Lipinski definition) is 2. The Balaban J connectivity index is 2.07. The average molecular weight is 479 g/mol. The van der Waals surface area contributed by atoms with Gasteiger partial charge in [0.25, 0.3) is 0 Å². The minimum Gasteiger partial charge on any atom is -0.496 e. The number of carbonyl (C=O) groups is 1. The first-order valence-electron chi connectivity index (χ1n) is 7.64. The van der Waals surface area contributed by atoms with E-state index in [2.05, 4.69) is 20.7 Å². The first kappa shape index (κ1) is 21.6. The van der Waals surface area contributed by atoms with E-state index in [1.807, 2.05) is 0 Å². The molecule has 2 aromatic rings. The van der Waals surface area contributed by atoms with Gasteiger partial charge < -0.3 is 14.6 Å². The molecule has 0 saturated carbocycles. The molecule has 0 aliphatic carbocycles. The Hall–Kier alpha value is -1.65. The Kier molecular flexibility index (Phi) is 7.63.